The van der Waals surface area contributed by atoms with Gasteiger partial charge in [0.2, 0.25) is 5.91 Å². The van der Waals surface area contributed by atoms with Crippen LogP contribution >= 0.6 is 23.4 Å². The molecule has 0 aliphatic heterocycles. The van der Waals surface area contributed by atoms with E-state index in [4.69, 9.17) is 17.3 Å². The maximum atomic E-state index is 11.9. The molecule has 0 unspecified atom stereocenters. The van der Waals surface area contributed by atoms with Crippen LogP contribution in [-0.2, 0) is 4.79 Å². The predicted octanol–water partition coefficient (Wildman–Crippen LogP) is 2.70. The lowest BCUT2D eigenvalue weighted by atomic mass is 10.2. The molecule has 0 saturated heterocycles. The van der Waals surface area contributed by atoms with Gasteiger partial charge < -0.3 is 16.0 Å². The Balaban J connectivity index is 2.39. The van der Waals surface area contributed by atoms with E-state index in [1.54, 1.807) is 6.07 Å². The second-order valence-corrected chi connectivity index (χ2v) is 6.67. The van der Waals surface area contributed by atoms with E-state index in [-0.39, 0.29) is 5.91 Å². The summed E-state index contributed by atoms with van der Waals surface area (Å²) in [7, 11) is 0. The number of hydrogen-bond acceptors (Lipinski definition) is 6. The Kier molecular flexibility index (Phi) is 10.8. The molecule has 3 N–H and O–H groups in total. The van der Waals surface area contributed by atoms with Gasteiger partial charge in [-0.05, 0) is 33.2 Å². The van der Waals surface area contributed by atoms with Crippen LogP contribution in [0.3, 0.4) is 0 Å². The van der Waals surface area contributed by atoms with Gasteiger partial charge in [0.25, 0.3) is 0 Å². The summed E-state index contributed by atoms with van der Waals surface area (Å²) in [6.45, 7) is 7.25. The van der Waals surface area contributed by atoms with Gasteiger partial charge in [0.05, 0.1) is 5.75 Å². The zero-order valence-corrected chi connectivity index (χ0v) is 16.1. The Morgan fingerprint density at radius 1 is 1.25 bits per heavy atom. The van der Waals surface area contributed by atoms with Crippen LogP contribution < -0.4 is 16.0 Å². The highest BCUT2D eigenvalue weighted by Crippen LogP contribution is 2.21. The fourth-order valence-corrected chi connectivity index (χ4v) is 3.10. The molecule has 1 rings (SSSR count). The first kappa shape index (κ1) is 21.0. The lowest BCUT2D eigenvalue weighted by Crippen LogP contribution is -2.26. The number of aromatic nitrogens is 2. The van der Waals surface area contributed by atoms with Crippen LogP contribution in [0, 0.1) is 0 Å². The average molecular weight is 374 g/mol. The Morgan fingerprint density at radius 3 is 2.62 bits per heavy atom. The maximum Gasteiger partial charge on any atom is 0.230 e. The molecule has 1 aromatic heterocycles. The van der Waals surface area contributed by atoms with E-state index < -0.39 is 0 Å². The number of hydrogen-bond donors (Lipinski definition) is 2. The third-order valence-corrected chi connectivity index (χ3v) is 4.57. The zero-order chi connectivity index (χ0) is 17.8. The number of carbonyl (C=O) groups excluding carboxylic acids is 1. The molecule has 0 saturated carbocycles. The molecule has 0 atom stereocenters. The molecular formula is C16H28ClN5OS. The van der Waals surface area contributed by atoms with Crippen LogP contribution in [0.25, 0.3) is 0 Å². The standard InChI is InChI=1S/C16H28ClN5OS/c1-3-22(4-2)14-11-13(17)20-16(21-14)24-12-15(23)19-10-8-6-5-7-9-18/h11H,3-10,12,18H2,1-2H3,(H,19,23). The summed E-state index contributed by atoms with van der Waals surface area (Å²) in [5.74, 6) is 1.08. The van der Waals surface area contributed by atoms with Crippen LogP contribution in [0.15, 0.2) is 11.2 Å². The van der Waals surface area contributed by atoms with Crippen LogP contribution in [-0.4, -0.2) is 47.8 Å². The molecule has 0 spiro atoms. The summed E-state index contributed by atoms with van der Waals surface area (Å²) in [4.78, 5) is 22.6. The highest BCUT2D eigenvalue weighted by molar-refractivity contribution is 7.99. The van der Waals surface area contributed by atoms with Gasteiger partial charge in [-0.25, -0.2) is 9.97 Å². The first-order valence-electron chi connectivity index (χ1n) is 8.49. The summed E-state index contributed by atoms with van der Waals surface area (Å²) in [6, 6.07) is 1.75. The molecule has 0 aliphatic carbocycles. The van der Waals surface area contributed by atoms with Crippen molar-refractivity contribution in [2.75, 3.05) is 36.8 Å². The second kappa shape index (κ2) is 12.3. The third kappa shape index (κ3) is 8.17. The first-order valence-corrected chi connectivity index (χ1v) is 9.86. The number of nitrogens with zero attached hydrogens (tertiary/aromatic N) is 3. The third-order valence-electron chi connectivity index (χ3n) is 3.53. The number of nitrogens with two attached hydrogens (primary N) is 1. The van der Waals surface area contributed by atoms with Gasteiger partial charge in [-0.15, -0.1) is 0 Å². The van der Waals surface area contributed by atoms with E-state index in [1.165, 1.54) is 11.8 Å². The first-order chi connectivity index (χ1) is 11.6. The summed E-state index contributed by atoms with van der Waals surface area (Å²) in [6.07, 6.45) is 4.24. The lowest BCUT2D eigenvalue weighted by molar-refractivity contribution is -0.118. The number of thioether (sulfide) groups is 1. The number of nitrogens with one attached hydrogen (secondary N) is 1. The number of carbonyl (C=O) groups is 1. The number of amides is 1. The molecule has 0 bridgehead atoms. The molecular weight excluding hydrogens is 346 g/mol. The summed E-state index contributed by atoms with van der Waals surface area (Å²) in [5, 5.41) is 3.84. The quantitative estimate of drug-likeness (QED) is 0.253. The highest BCUT2D eigenvalue weighted by Gasteiger charge is 2.10. The van der Waals surface area contributed by atoms with Gasteiger partial charge in [-0.1, -0.05) is 36.2 Å². The minimum Gasteiger partial charge on any atom is -0.357 e. The van der Waals surface area contributed by atoms with E-state index in [9.17, 15) is 4.79 Å². The van der Waals surface area contributed by atoms with Gasteiger partial charge in [0.15, 0.2) is 5.16 Å². The van der Waals surface area contributed by atoms with Crippen molar-refractivity contribution in [3.8, 4) is 0 Å². The fraction of sp³-hybridized carbons (Fsp3) is 0.688. The predicted molar refractivity (Wildman–Crippen MR) is 102 cm³/mol. The SMILES string of the molecule is CCN(CC)c1cc(Cl)nc(SCC(=O)NCCCCCCN)n1. The van der Waals surface area contributed by atoms with Crippen molar-refractivity contribution in [3.05, 3.63) is 11.2 Å². The molecule has 1 amide bonds. The van der Waals surface area contributed by atoms with Crippen LogP contribution in [0.2, 0.25) is 5.15 Å². The topological polar surface area (TPSA) is 84.1 Å². The van der Waals surface area contributed by atoms with E-state index in [2.05, 4.69) is 34.0 Å². The molecule has 0 fully saturated rings. The minimum absolute atomic E-state index is 0.00760. The van der Waals surface area contributed by atoms with Crippen molar-refractivity contribution >= 4 is 35.1 Å². The molecule has 1 aromatic rings. The molecule has 0 aromatic carbocycles. The van der Waals surface area contributed by atoms with E-state index in [0.29, 0.717) is 22.6 Å². The number of halogens is 1. The van der Waals surface area contributed by atoms with Crippen molar-refractivity contribution in [3.63, 3.8) is 0 Å². The number of anilines is 1. The van der Waals surface area contributed by atoms with Gasteiger partial charge in [0.1, 0.15) is 11.0 Å². The molecule has 136 valence electrons. The minimum atomic E-state index is -0.00760. The van der Waals surface area contributed by atoms with Crippen molar-refractivity contribution in [1.82, 2.24) is 15.3 Å². The van der Waals surface area contributed by atoms with E-state index in [1.807, 2.05) is 0 Å². The Bertz CT molecular complexity index is 499. The molecule has 8 heteroatoms. The molecule has 1 heterocycles. The molecule has 0 radical (unpaired) electrons. The highest BCUT2D eigenvalue weighted by atomic mass is 35.5. The summed E-state index contributed by atoms with van der Waals surface area (Å²) in [5.41, 5.74) is 5.45. The van der Waals surface area contributed by atoms with E-state index in [0.717, 1.165) is 51.1 Å². The van der Waals surface area contributed by atoms with Crippen molar-refractivity contribution < 1.29 is 4.79 Å². The Morgan fingerprint density at radius 2 is 1.96 bits per heavy atom. The Hall–Kier alpha value is -1.05. The molecule has 0 aliphatic rings. The largest absolute Gasteiger partial charge is 0.357 e. The summed E-state index contributed by atoms with van der Waals surface area (Å²) < 4.78 is 0. The van der Waals surface area contributed by atoms with Gasteiger partial charge in [-0.3, -0.25) is 4.79 Å². The van der Waals surface area contributed by atoms with Gasteiger partial charge in [0, 0.05) is 25.7 Å². The average Bonchev–Trinajstić information content (AvgIpc) is 2.57. The second-order valence-electron chi connectivity index (χ2n) is 5.35. The van der Waals surface area contributed by atoms with Crippen molar-refractivity contribution in [2.24, 2.45) is 5.73 Å². The van der Waals surface area contributed by atoms with E-state index >= 15 is 0 Å². The number of unbranched alkanes of at least 4 members (excludes halogenated alkanes) is 3. The monoisotopic (exact) mass is 373 g/mol. The summed E-state index contributed by atoms with van der Waals surface area (Å²) >= 11 is 7.37. The van der Waals surface area contributed by atoms with Gasteiger partial charge in [-0.2, -0.15) is 0 Å². The fourth-order valence-electron chi connectivity index (χ4n) is 2.19. The zero-order valence-electron chi connectivity index (χ0n) is 14.6. The van der Waals surface area contributed by atoms with Gasteiger partial charge >= 0.3 is 0 Å². The van der Waals surface area contributed by atoms with Crippen LogP contribution in [0.5, 0.6) is 0 Å². The van der Waals surface area contributed by atoms with Crippen LogP contribution in [0.1, 0.15) is 39.5 Å². The number of rotatable bonds is 12. The maximum absolute atomic E-state index is 11.9. The molecule has 6 nitrogen and oxygen atoms in total. The smallest absolute Gasteiger partial charge is 0.230 e. The molecule has 24 heavy (non-hydrogen) atoms. The lowest BCUT2D eigenvalue weighted by Gasteiger charge is -2.20. The van der Waals surface area contributed by atoms with Crippen molar-refractivity contribution in [1.29, 1.82) is 0 Å². The van der Waals surface area contributed by atoms with Crippen molar-refractivity contribution in [2.45, 2.75) is 44.7 Å². The Labute approximate surface area is 153 Å². The van der Waals surface area contributed by atoms with Crippen LogP contribution in [0.4, 0.5) is 5.82 Å². The normalized spacial score (nSPS) is 10.7.